The molecule has 0 bridgehead atoms. The fourth-order valence-electron chi connectivity index (χ4n) is 8.84. The van der Waals surface area contributed by atoms with Crippen molar-refractivity contribution in [2.45, 2.75) is 37.6 Å². The number of rotatable bonds is 7. The number of nitrogens with one attached hydrogen (secondary N) is 1. The second kappa shape index (κ2) is 12.2. The molecule has 3 heterocycles. The number of aryl methyl sites for hydroxylation is 1. The maximum absolute atomic E-state index is 15.3. The molecule has 3 fully saturated rings. The molecule has 2 aliphatic heterocycles. The van der Waals surface area contributed by atoms with E-state index in [1.807, 2.05) is 85.1 Å². The van der Waals surface area contributed by atoms with Crippen LogP contribution in [-0.2, 0) is 31.1 Å². The van der Waals surface area contributed by atoms with E-state index < -0.39 is 46.8 Å². The predicted octanol–water partition coefficient (Wildman–Crippen LogP) is 6.72. The van der Waals surface area contributed by atoms with E-state index >= 15 is 4.79 Å². The van der Waals surface area contributed by atoms with Gasteiger partial charge in [0.1, 0.15) is 0 Å². The van der Waals surface area contributed by atoms with Crippen molar-refractivity contribution in [3.8, 4) is 11.5 Å². The molecule has 11 heteroatoms. The number of nitrogens with zero attached hydrogens (tertiary/aromatic N) is 2. The summed E-state index contributed by atoms with van der Waals surface area (Å²) in [6.07, 6.45) is 2.46. The fraction of sp³-hybridized carbons (Fsp3) is 0.282. The van der Waals surface area contributed by atoms with Gasteiger partial charge in [0.15, 0.2) is 11.5 Å². The summed E-state index contributed by atoms with van der Waals surface area (Å²) in [6, 6.07) is 23.9. The van der Waals surface area contributed by atoms with Gasteiger partial charge in [-0.2, -0.15) is 5.01 Å². The van der Waals surface area contributed by atoms with Gasteiger partial charge in [-0.05, 0) is 67.0 Å². The summed E-state index contributed by atoms with van der Waals surface area (Å²) >= 11 is 5.07. The molecule has 6 atom stereocenters. The van der Waals surface area contributed by atoms with Crippen LogP contribution in [0.5, 0.6) is 11.5 Å². The number of fused-ring (bicyclic) bond motifs is 4. The first-order valence-electron chi connectivity index (χ1n) is 16.6. The zero-order valence-corrected chi connectivity index (χ0v) is 29.7. The first kappa shape index (κ1) is 32.5. The van der Waals surface area contributed by atoms with Crippen LogP contribution in [0.1, 0.15) is 40.3 Å². The number of carbonyl (C=O) groups excluding carboxylic acids is 4. The number of phenols is 1. The molecule has 8 rings (SSSR count). The number of thiophene rings is 1. The summed E-state index contributed by atoms with van der Waals surface area (Å²) < 4.78 is 6.20. The molecule has 4 aliphatic rings. The molecule has 0 spiro atoms. The van der Waals surface area contributed by atoms with Crippen molar-refractivity contribution in [2.24, 2.45) is 23.7 Å². The normalized spacial score (nSPS) is 27.2. The second-order valence-corrected chi connectivity index (χ2v) is 15.4. The Kier molecular flexibility index (Phi) is 7.95. The lowest BCUT2D eigenvalue weighted by atomic mass is 9.49. The molecule has 4 amide bonds. The van der Waals surface area contributed by atoms with Gasteiger partial charge in [0.2, 0.25) is 11.8 Å². The summed E-state index contributed by atoms with van der Waals surface area (Å²) in [5, 5.41) is 14.9. The van der Waals surface area contributed by atoms with Gasteiger partial charge in [0.25, 0.3) is 11.8 Å². The number of allylic oxidation sites excluding steroid dienone is 2. The molecule has 2 aliphatic carbocycles. The lowest BCUT2D eigenvalue weighted by Gasteiger charge is -2.50. The van der Waals surface area contributed by atoms with Crippen molar-refractivity contribution >= 4 is 56.6 Å². The molecule has 4 aromatic rings. The smallest absolute Gasteiger partial charge is 0.260 e. The number of benzene rings is 3. The van der Waals surface area contributed by atoms with Crippen LogP contribution in [0.4, 0.5) is 5.69 Å². The van der Waals surface area contributed by atoms with Gasteiger partial charge in [-0.3, -0.25) is 29.5 Å². The van der Waals surface area contributed by atoms with Gasteiger partial charge in [-0.1, -0.05) is 81.7 Å². The first-order valence-corrected chi connectivity index (χ1v) is 18.2. The maximum Gasteiger partial charge on any atom is 0.260 e. The van der Waals surface area contributed by atoms with E-state index in [1.54, 1.807) is 12.1 Å². The van der Waals surface area contributed by atoms with E-state index in [0.717, 1.165) is 21.0 Å². The number of hydrogen-bond donors (Lipinski definition) is 2. The van der Waals surface area contributed by atoms with E-state index in [1.165, 1.54) is 23.3 Å². The molecule has 9 nitrogen and oxygen atoms in total. The molecular formula is C39H34BrN3O6S. The van der Waals surface area contributed by atoms with Gasteiger partial charge in [-0.25, -0.2) is 0 Å². The first-order chi connectivity index (χ1) is 24.1. The van der Waals surface area contributed by atoms with Crippen LogP contribution in [0.25, 0.3) is 0 Å². The maximum atomic E-state index is 15.3. The highest BCUT2D eigenvalue weighted by molar-refractivity contribution is 9.10. The molecule has 0 radical (unpaired) electrons. The highest BCUT2D eigenvalue weighted by Gasteiger charge is 2.70. The average Bonchev–Trinajstić information content (AvgIpc) is 3.79. The van der Waals surface area contributed by atoms with E-state index in [4.69, 9.17) is 4.74 Å². The highest BCUT2D eigenvalue weighted by Crippen LogP contribution is 2.65. The summed E-state index contributed by atoms with van der Waals surface area (Å²) in [5.74, 6) is -4.97. The number of imide groups is 2. The van der Waals surface area contributed by atoms with E-state index in [2.05, 4.69) is 21.4 Å². The Morgan fingerprint density at radius 3 is 2.42 bits per heavy atom. The number of ether oxygens (including phenoxy) is 1. The zero-order chi connectivity index (χ0) is 34.9. The lowest BCUT2D eigenvalue weighted by Crippen LogP contribution is -2.53. The second-order valence-electron chi connectivity index (χ2n) is 13.5. The predicted molar refractivity (Wildman–Crippen MR) is 191 cm³/mol. The quantitative estimate of drug-likeness (QED) is 0.159. The molecule has 1 aromatic heterocycles. The largest absolute Gasteiger partial charge is 0.504 e. The number of hydrogen-bond acceptors (Lipinski definition) is 8. The summed E-state index contributed by atoms with van der Waals surface area (Å²) in [4.78, 5) is 60.6. The van der Waals surface area contributed by atoms with Crippen molar-refractivity contribution in [2.75, 3.05) is 12.5 Å². The monoisotopic (exact) mass is 751 g/mol. The Hall–Kier alpha value is -4.74. The number of phenolic OH excluding ortho intramolecular Hbond substituents is 1. The van der Waals surface area contributed by atoms with Crippen LogP contribution in [0, 0.1) is 30.6 Å². The van der Waals surface area contributed by atoms with Gasteiger partial charge >= 0.3 is 0 Å². The van der Waals surface area contributed by atoms with E-state index in [9.17, 15) is 19.5 Å². The average molecular weight is 753 g/mol. The third-order valence-electron chi connectivity index (χ3n) is 11.0. The Bertz CT molecular complexity index is 2070. The number of halogens is 1. The minimum Gasteiger partial charge on any atom is -0.504 e. The third-order valence-corrected chi connectivity index (χ3v) is 12.3. The number of carbonyl (C=O) groups is 4. The van der Waals surface area contributed by atoms with Crippen molar-refractivity contribution in [1.29, 1.82) is 0 Å². The molecule has 254 valence electrons. The molecule has 50 heavy (non-hydrogen) atoms. The zero-order valence-electron chi connectivity index (χ0n) is 27.3. The number of methoxy groups -OCH3 is 1. The summed E-state index contributed by atoms with van der Waals surface area (Å²) in [6.45, 7) is 2.15. The molecule has 1 saturated carbocycles. The van der Waals surface area contributed by atoms with Crippen LogP contribution < -0.4 is 10.2 Å². The Morgan fingerprint density at radius 1 is 0.960 bits per heavy atom. The fourth-order valence-corrected chi connectivity index (χ4v) is 9.99. The Morgan fingerprint density at radius 2 is 1.72 bits per heavy atom. The van der Waals surface area contributed by atoms with Gasteiger partial charge < -0.3 is 9.84 Å². The number of anilines is 1. The summed E-state index contributed by atoms with van der Waals surface area (Å²) in [7, 11) is 1.46. The molecule has 2 N–H and O–H groups in total. The molecule has 6 unspecified atom stereocenters. The third kappa shape index (κ3) is 4.77. The Balaban J connectivity index is 1.33. The van der Waals surface area contributed by atoms with Gasteiger partial charge in [-0.15, -0.1) is 11.3 Å². The topological polar surface area (TPSA) is 116 Å². The lowest BCUT2D eigenvalue weighted by molar-refractivity contribution is -0.141. The van der Waals surface area contributed by atoms with Gasteiger partial charge in [0.05, 0.1) is 42.5 Å². The van der Waals surface area contributed by atoms with Crippen LogP contribution >= 0.6 is 27.3 Å². The Labute approximate surface area is 301 Å². The molecular weight excluding hydrogens is 718 g/mol. The minimum atomic E-state index is -1.50. The number of hydrazine groups is 1. The highest BCUT2D eigenvalue weighted by atomic mass is 79.9. The summed E-state index contributed by atoms with van der Waals surface area (Å²) in [5.41, 5.74) is 4.97. The molecule has 2 saturated heterocycles. The van der Waals surface area contributed by atoms with Gasteiger partial charge in [0, 0.05) is 20.8 Å². The van der Waals surface area contributed by atoms with Crippen molar-refractivity contribution in [3.05, 3.63) is 122 Å². The van der Waals surface area contributed by atoms with Crippen molar-refractivity contribution in [3.63, 3.8) is 0 Å². The van der Waals surface area contributed by atoms with E-state index in [0.29, 0.717) is 27.7 Å². The van der Waals surface area contributed by atoms with E-state index in [-0.39, 0.29) is 36.3 Å². The van der Waals surface area contributed by atoms with Crippen LogP contribution in [-0.4, -0.2) is 45.8 Å². The number of amides is 4. The van der Waals surface area contributed by atoms with Crippen LogP contribution in [0.2, 0.25) is 0 Å². The number of likely N-dealkylation sites (tertiary alicyclic amines) is 1. The minimum absolute atomic E-state index is 0.156. The van der Waals surface area contributed by atoms with Crippen LogP contribution in [0.15, 0.2) is 100 Å². The number of aromatic hydroxyl groups is 1. The molecule has 3 aromatic carbocycles. The van der Waals surface area contributed by atoms with Crippen LogP contribution in [0.3, 0.4) is 0 Å². The van der Waals surface area contributed by atoms with Crippen molar-refractivity contribution < 1.29 is 29.0 Å². The van der Waals surface area contributed by atoms with Crippen molar-refractivity contribution in [1.82, 2.24) is 9.91 Å². The SMILES string of the molecule is COc1cc(Br)cc(C2C3=CCC4C(=O)N(Cc5cccs5)C(=O)C4C3CC3C(=O)N(Nc4ccc(C)cc4)C(=O)C32c2ccccc2)c1O. The standard InChI is InChI=1S/C39H34BrN3O6S/c1-21-10-12-24(13-11-21)41-43-36(46)30-19-28-26(14-15-27-32(28)37(47)42(35(27)45)20-25-9-6-16-50-25)33(29-17-23(40)18-31(49-2)34(29)44)39(30,38(43)48)22-7-4-3-5-8-22/h3-14,16-18,27-28,30,32-33,41,44H,15,19-20H2,1-2H3.